The Labute approximate surface area is 194 Å². The Morgan fingerprint density at radius 2 is 1.61 bits per heavy atom. The molecule has 4 aromatic rings. The molecule has 0 saturated carbocycles. The first-order valence-electron chi connectivity index (χ1n) is 9.71. The molecule has 0 unspecified atom stereocenters. The maximum atomic E-state index is 13.2. The Bertz CT molecular complexity index is 1430. The maximum Gasteiger partial charge on any atom is 0.268 e. The second-order valence-corrected chi connectivity index (χ2v) is 9.56. The Hall–Kier alpha value is -3.73. The molecule has 3 aromatic carbocycles. The number of benzene rings is 3. The number of nitrogens with zero attached hydrogens (tertiary/aromatic N) is 1. The van der Waals surface area contributed by atoms with Gasteiger partial charge in [0.1, 0.15) is 10.6 Å². The van der Waals surface area contributed by atoms with E-state index in [0.29, 0.717) is 38.7 Å². The van der Waals surface area contributed by atoms with Crippen LogP contribution in [0.2, 0.25) is 0 Å². The number of amides is 1. The molecule has 1 amide bonds. The number of rotatable bonds is 6. The van der Waals surface area contributed by atoms with Crippen LogP contribution >= 0.6 is 11.3 Å². The Kier molecular flexibility index (Phi) is 6.14. The van der Waals surface area contributed by atoms with Gasteiger partial charge >= 0.3 is 0 Å². The van der Waals surface area contributed by atoms with Crippen molar-refractivity contribution in [3.63, 3.8) is 0 Å². The average Bonchev–Trinajstić information content (AvgIpc) is 3.21. The van der Waals surface area contributed by atoms with E-state index >= 15 is 0 Å². The van der Waals surface area contributed by atoms with E-state index in [2.05, 4.69) is 10.3 Å². The molecule has 4 rings (SSSR count). The minimum atomic E-state index is -3.97. The van der Waals surface area contributed by atoms with Gasteiger partial charge in [0.05, 0.1) is 17.7 Å². The number of anilines is 2. The number of aromatic nitrogens is 1. The largest absolute Gasteiger partial charge is 0.497 e. The summed E-state index contributed by atoms with van der Waals surface area (Å²) in [7, 11) is -2.40. The third-order valence-electron chi connectivity index (χ3n) is 4.87. The van der Waals surface area contributed by atoms with Crippen LogP contribution in [0.5, 0.6) is 5.75 Å². The molecule has 168 valence electrons. The van der Waals surface area contributed by atoms with Crippen molar-refractivity contribution < 1.29 is 17.9 Å². The number of nitrogens with one attached hydrogen (secondary N) is 1. The summed E-state index contributed by atoms with van der Waals surface area (Å²) in [5.74, 6) is 0.256. The average molecular weight is 481 g/mol. The summed E-state index contributed by atoms with van der Waals surface area (Å²) in [6.07, 6.45) is 0. The number of primary sulfonamides is 1. The summed E-state index contributed by atoms with van der Waals surface area (Å²) in [6.45, 7) is 0. The van der Waals surface area contributed by atoms with E-state index in [-0.39, 0.29) is 10.0 Å². The third kappa shape index (κ3) is 4.72. The van der Waals surface area contributed by atoms with Crippen LogP contribution in [-0.4, -0.2) is 26.4 Å². The zero-order valence-electron chi connectivity index (χ0n) is 17.5. The number of ether oxygens (including phenoxy) is 1. The van der Waals surface area contributed by atoms with Crippen LogP contribution in [0.1, 0.15) is 9.67 Å². The fourth-order valence-corrected chi connectivity index (χ4v) is 4.88. The van der Waals surface area contributed by atoms with Gasteiger partial charge in [-0.15, -0.1) is 0 Å². The van der Waals surface area contributed by atoms with Gasteiger partial charge in [-0.2, -0.15) is 0 Å². The number of para-hydroxylation sites is 1. The fraction of sp³-hybridized carbons (Fsp3) is 0.0435. The number of methoxy groups -OCH3 is 1. The number of thiazole rings is 1. The smallest absolute Gasteiger partial charge is 0.268 e. The lowest BCUT2D eigenvalue weighted by molar-refractivity contribution is 0.103. The highest BCUT2D eigenvalue weighted by Gasteiger charge is 2.22. The zero-order chi connectivity index (χ0) is 23.6. The highest BCUT2D eigenvalue weighted by atomic mass is 32.2. The van der Waals surface area contributed by atoms with Gasteiger partial charge in [0.25, 0.3) is 5.91 Å². The SMILES string of the molecule is COc1ccc(-c2nc(N)sc2C(=O)Nc2ccccc2-c2ccccc2S(N)(=O)=O)cc1. The molecule has 0 fully saturated rings. The molecule has 5 N–H and O–H groups in total. The summed E-state index contributed by atoms with van der Waals surface area (Å²) in [5.41, 5.74) is 8.39. The molecule has 0 radical (unpaired) electrons. The van der Waals surface area contributed by atoms with Crippen LogP contribution < -0.4 is 20.9 Å². The second kappa shape index (κ2) is 9.02. The Morgan fingerprint density at radius 1 is 0.970 bits per heavy atom. The molecule has 10 heteroatoms. The van der Waals surface area contributed by atoms with Gasteiger partial charge in [-0.05, 0) is 36.4 Å². The van der Waals surface area contributed by atoms with Crippen molar-refractivity contribution in [1.29, 1.82) is 0 Å². The molecular formula is C23H20N4O4S2. The number of sulfonamides is 1. The molecule has 0 bridgehead atoms. The van der Waals surface area contributed by atoms with Crippen LogP contribution in [0, 0.1) is 0 Å². The highest BCUT2D eigenvalue weighted by molar-refractivity contribution is 7.89. The standard InChI is InChI=1S/C23H20N4O4S2/c1-31-15-12-10-14(11-13-15)20-21(32-23(24)27-20)22(28)26-18-8-4-2-6-16(18)17-7-3-5-9-19(17)33(25,29)30/h2-13H,1H3,(H2,24,27)(H,26,28)(H2,25,29,30). The topological polar surface area (TPSA) is 137 Å². The Balaban J connectivity index is 1.73. The zero-order valence-corrected chi connectivity index (χ0v) is 19.1. The van der Waals surface area contributed by atoms with E-state index in [4.69, 9.17) is 15.6 Å². The molecule has 0 aliphatic rings. The summed E-state index contributed by atoms with van der Waals surface area (Å²) >= 11 is 1.06. The minimum absolute atomic E-state index is 0.0346. The first-order valence-corrected chi connectivity index (χ1v) is 12.1. The predicted octanol–water partition coefficient (Wildman–Crippen LogP) is 3.97. The van der Waals surface area contributed by atoms with Gasteiger partial charge < -0.3 is 15.8 Å². The number of nitrogen functional groups attached to an aromatic ring is 1. The quantitative estimate of drug-likeness (QED) is 0.382. The third-order valence-corrected chi connectivity index (χ3v) is 6.72. The second-order valence-electron chi connectivity index (χ2n) is 7.00. The molecule has 1 aromatic heterocycles. The van der Waals surface area contributed by atoms with E-state index in [9.17, 15) is 13.2 Å². The number of hydrogen-bond donors (Lipinski definition) is 3. The van der Waals surface area contributed by atoms with Crippen LogP contribution in [0.4, 0.5) is 10.8 Å². The van der Waals surface area contributed by atoms with E-state index in [1.807, 2.05) is 0 Å². The van der Waals surface area contributed by atoms with Crippen molar-refractivity contribution in [3.05, 3.63) is 77.7 Å². The van der Waals surface area contributed by atoms with Gasteiger partial charge in [0, 0.05) is 22.4 Å². The van der Waals surface area contributed by atoms with Gasteiger partial charge in [0.15, 0.2) is 5.13 Å². The first kappa shape index (κ1) is 22.5. The summed E-state index contributed by atoms with van der Waals surface area (Å²) in [6, 6.07) is 20.4. The molecule has 33 heavy (non-hydrogen) atoms. The van der Waals surface area contributed by atoms with E-state index in [0.717, 1.165) is 11.3 Å². The van der Waals surface area contributed by atoms with Crippen molar-refractivity contribution >= 4 is 38.1 Å². The molecule has 0 saturated heterocycles. The van der Waals surface area contributed by atoms with Gasteiger partial charge in [-0.1, -0.05) is 47.7 Å². The number of hydrogen-bond acceptors (Lipinski definition) is 7. The summed E-state index contributed by atoms with van der Waals surface area (Å²) < 4.78 is 29.4. The molecule has 0 aliphatic heterocycles. The lowest BCUT2D eigenvalue weighted by atomic mass is 10.0. The molecule has 0 aliphatic carbocycles. The van der Waals surface area contributed by atoms with Crippen LogP contribution in [0.15, 0.2) is 77.7 Å². The van der Waals surface area contributed by atoms with Gasteiger partial charge in [0.2, 0.25) is 10.0 Å². The van der Waals surface area contributed by atoms with Crippen LogP contribution in [-0.2, 0) is 10.0 Å². The van der Waals surface area contributed by atoms with E-state index in [1.165, 1.54) is 6.07 Å². The van der Waals surface area contributed by atoms with E-state index in [1.54, 1.807) is 73.8 Å². The molecule has 8 nitrogen and oxygen atoms in total. The van der Waals surface area contributed by atoms with E-state index < -0.39 is 15.9 Å². The number of nitrogens with two attached hydrogens (primary N) is 2. The summed E-state index contributed by atoms with van der Waals surface area (Å²) in [4.78, 5) is 17.9. The monoisotopic (exact) mass is 480 g/mol. The van der Waals surface area contributed by atoms with Crippen molar-refractivity contribution in [2.45, 2.75) is 4.90 Å². The van der Waals surface area contributed by atoms with Crippen LogP contribution in [0.3, 0.4) is 0 Å². The highest BCUT2D eigenvalue weighted by Crippen LogP contribution is 2.35. The molecular weight excluding hydrogens is 460 g/mol. The van der Waals surface area contributed by atoms with Crippen molar-refractivity contribution in [3.8, 4) is 28.1 Å². The molecule has 0 spiro atoms. The number of carbonyl (C=O) groups is 1. The fourth-order valence-electron chi connectivity index (χ4n) is 3.38. The molecule has 1 heterocycles. The first-order chi connectivity index (χ1) is 15.8. The van der Waals surface area contributed by atoms with Crippen LogP contribution in [0.25, 0.3) is 22.4 Å². The predicted molar refractivity (Wildman–Crippen MR) is 130 cm³/mol. The normalized spacial score (nSPS) is 11.2. The van der Waals surface area contributed by atoms with Gasteiger partial charge in [-0.3, -0.25) is 4.79 Å². The molecule has 0 atom stereocenters. The van der Waals surface area contributed by atoms with Crippen molar-refractivity contribution in [2.75, 3.05) is 18.2 Å². The Morgan fingerprint density at radius 3 is 2.27 bits per heavy atom. The lowest BCUT2D eigenvalue weighted by Gasteiger charge is -2.14. The summed E-state index contributed by atoms with van der Waals surface area (Å²) in [5, 5.41) is 8.51. The van der Waals surface area contributed by atoms with Crippen molar-refractivity contribution in [1.82, 2.24) is 4.98 Å². The minimum Gasteiger partial charge on any atom is -0.497 e. The number of carbonyl (C=O) groups excluding carboxylic acids is 1. The van der Waals surface area contributed by atoms with Crippen molar-refractivity contribution in [2.24, 2.45) is 5.14 Å². The van der Waals surface area contributed by atoms with Gasteiger partial charge in [-0.25, -0.2) is 18.5 Å². The lowest BCUT2D eigenvalue weighted by Crippen LogP contribution is -2.15. The maximum absolute atomic E-state index is 13.2.